The third kappa shape index (κ3) is 6.25. The van der Waals surface area contributed by atoms with Crippen molar-refractivity contribution in [1.29, 1.82) is 0 Å². The first kappa shape index (κ1) is 22.3. The molecule has 2 unspecified atom stereocenters. The van der Waals surface area contributed by atoms with Crippen LogP contribution in [0, 0.1) is 10.1 Å². The number of aliphatic hydroxyl groups is 1. The summed E-state index contributed by atoms with van der Waals surface area (Å²) in [6.45, 7) is 3.30. The number of nitro groups is 1. The minimum Gasteiger partial charge on any atom is -0.465 e. The lowest BCUT2D eigenvalue weighted by Gasteiger charge is -2.24. The Labute approximate surface area is 161 Å². The lowest BCUT2D eigenvalue weighted by Crippen LogP contribution is -2.36. The average Bonchev–Trinajstić information content (AvgIpc) is 3.05. The largest absolute Gasteiger partial charge is 0.465 e. The average molecular weight is 418 g/mol. The zero-order chi connectivity index (χ0) is 20.7. The Morgan fingerprint density at radius 3 is 2.68 bits per heavy atom. The van der Waals surface area contributed by atoms with E-state index < -0.39 is 36.9 Å². The molecule has 1 aromatic rings. The number of non-ortho nitro benzene ring substituents is 1. The van der Waals surface area contributed by atoms with Crippen molar-refractivity contribution >= 4 is 19.4 Å². The predicted octanol–water partition coefficient (Wildman–Crippen LogP) is 1.79. The standard InChI is InChI=1S/C16H23N2O9P/c1-3-24-16(20)11(2)17-28(23,26-10-15-14(19)8-9-25-15)27-13-6-4-12(5-7-13)18(21)22/h4-7,11,14-15,19H,3,8-10H2,1-2H3,(H,17,23)/t11-,14?,15+,28?/m0/s1. The Morgan fingerprint density at radius 1 is 1.46 bits per heavy atom. The lowest BCUT2D eigenvalue weighted by atomic mass is 10.2. The van der Waals surface area contributed by atoms with E-state index in [1.807, 2.05) is 0 Å². The van der Waals surface area contributed by atoms with E-state index in [0.29, 0.717) is 13.0 Å². The van der Waals surface area contributed by atoms with Crippen molar-refractivity contribution in [3.05, 3.63) is 34.4 Å². The normalized spacial score (nSPS) is 22.2. The number of nitro benzene ring substituents is 1. The summed E-state index contributed by atoms with van der Waals surface area (Å²) in [7, 11) is -4.10. The van der Waals surface area contributed by atoms with E-state index in [-0.39, 0.29) is 24.7 Å². The quantitative estimate of drug-likeness (QED) is 0.249. The van der Waals surface area contributed by atoms with Crippen LogP contribution < -0.4 is 9.61 Å². The molecule has 1 aliphatic heterocycles. The highest BCUT2D eigenvalue weighted by Crippen LogP contribution is 2.45. The maximum atomic E-state index is 13.1. The first-order chi connectivity index (χ1) is 13.2. The molecule has 0 bridgehead atoms. The molecule has 0 spiro atoms. The van der Waals surface area contributed by atoms with E-state index in [4.69, 9.17) is 18.5 Å². The van der Waals surface area contributed by atoms with Gasteiger partial charge >= 0.3 is 13.7 Å². The van der Waals surface area contributed by atoms with Crippen molar-refractivity contribution in [3.63, 3.8) is 0 Å². The number of carbonyl (C=O) groups is 1. The first-order valence-electron chi connectivity index (χ1n) is 8.67. The second-order valence-electron chi connectivity index (χ2n) is 6.00. The molecule has 0 saturated carbocycles. The molecule has 2 rings (SSSR count). The Kier molecular flexibility index (Phi) is 7.90. The van der Waals surface area contributed by atoms with E-state index in [9.17, 15) is 24.6 Å². The summed E-state index contributed by atoms with van der Waals surface area (Å²) in [6.07, 6.45) is -1.03. The number of ether oxygens (including phenoxy) is 2. The smallest absolute Gasteiger partial charge is 0.459 e. The molecule has 1 heterocycles. The van der Waals surface area contributed by atoms with Crippen LogP contribution in [-0.2, 0) is 23.4 Å². The number of nitrogens with zero attached hydrogens (tertiary/aromatic N) is 1. The van der Waals surface area contributed by atoms with Crippen molar-refractivity contribution in [1.82, 2.24) is 5.09 Å². The van der Waals surface area contributed by atoms with Gasteiger partial charge in [0.2, 0.25) is 0 Å². The van der Waals surface area contributed by atoms with E-state index >= 15 is 0 Å². The number of nitrogens with one attached hydrogen (secondary N) is 1. The molecule has 11 nitrogen and oxygen atoms in total. The minimum atomic E-state index is -4.10. The molecule has 156 valence electrons. The monoisotopic (exact) mass is 418 g/mol. The Morgan fingerprint density at radius 2 is 2.14 bits per heavy atom. The summed E-state index contributed by atoms with van der Waals surface area (Å²) in [5.74, 6) is -0.624. The fourth-order valence-electron chi connectivity index (χ4n) is 2.38. The maximum Gasteiger partial charge on any atom is 0.459 e. The zero-order valence-corrected chi connectivity index (χ0v) is 16.4. The van der Waals surface area contributed by atoms with Crippen LogP contribution in [0.2, 0.25) is 0 Å². The Hall–Kier alpha value is -2.04. The number of aliphatic hydroxyl groups excluding tert-OH is 1. The van der Waals surface area contributed by atoms with Crippen LogP contribution in [0.15, 0.2) is 24.3 Å². The summed E-state index contributed by atoms with van der Waals surface area (Å²) >= 11 is 0. The van der Waals surface area contributed by atoms with E-state index in [1.165, 1.54) is 31.2 Å². The second-order valence-corrected chi connectivity index (χ2v) is 7.70. The molecule has 0 aliphatic carbocycles. The third-order valence-corrected chi connectivity index (χ3v) is 5.49. The van der Waals surface area contributed by atoms with Crippen LogP contribution in [0.5, 0.6) is 5.75 Å². The van der Waals surface area contributed by atoms with Crippen LogP contribution in [0.25, 0.3) is 0 Å². The number of esters is 1. The van der Waals surface area contributed by atoms with Gasteiger partial charge < -0.3 is 19.1 Å². The van der Waals surface area contributed by atoms with Crippen LogP contribution in [0.1, 0.15) is 20.3 Å². The second kappa shape index (κ2) is 9.94. The maximum absolute atomic E-state index is 13.1. The molecule has 0 radical (unpaired) electrons. The van der Waals surface area contributed by atoms with Gasteiger partial charge in [-0.3, -0.25) is 19.4 Å². The fraction of sp³-hybridized carbons (Fsp3) is 0.562. The summed E-state index contributed by atoms with van der Waals surface area (Å²) < 4.78 is 34.1. The van der Waals surface area contributed by atoms with E-state index in [2.05, 4.69) is 5.09 Å². The molecular weight excluding hydrogens is 395 g/mol. The van der Waals surface area contributed by atoms with Crippen LogP contribution in [0.3, 0.4) is 0 Å². The van der Waals surface area contributed by atoms with Gasteiger partial charge in [-0.05, 0) is 32.4 Å². The molecule has 12 heteroatoms. The number of hydrogen-bond acceptors (Lipinski definition) is 9. The number of carbonyl (C=O) groups excluding carboxylic acids is 1. The fourth-order valence-corrected chi connectivity index (χ4v) is 3.88. The molecule has 1 saturated heterocycles. The van der Waals surface area contributed by atoms with Crippen molar-refractivity contribution in [2.75, 3.05) is 19.8 Å². The minimum absolute atomic E-state index is 0.0328. The summed E-state index contributed by atoms with van der Waals surface area (Å²) in [5, 5.41) is 23.0. The molecule has 1 aliphatic rings. The van der Waals surface area contributed by atoms with Gasteiger partial charge in [0.15, 0.2) is 0 Å². The molecule has 1 fully saturated rings. The van der Waals surface area contributed by atoms with Crippen LogP contribution in [-0.4, -0.2) is 54.1 Å². The summed E-state index contributed by atoms with van der Waals surface area (Å²) in [4.78, 5) is 22.0. The van der Waals surface area contributed by atoms with Crippen molar-refractivity contribution in [3.8, 4) is 5.75 Å². The predicted molar refractivity (Wildman–Crippen MR) is 96.9 cm³/mol. The number of benzene rings is 1. The van der Waals surface area contributed by atoms with Gasteiger partial charge in [-0.25, -0.2) is 4.57 Å². The van der Waals surface area contributed by atoms with Gasteiger partial charge in [0, 0.05) is 18.7 Å². The van der Waals surface area contributed by atoms with Gasteiger partial charge in [-0.15, -0.1) is 0 Å². The van der Waals surface area contributed by atoms with Gasteiger partial charge in [-0.1, -0.05) is 0 Å². The Balaban J connectivity index is 2.12. The molecule has 0 aromatic heterocycles. The third-order valence-electron chi connectivity index (χ3n) is 3.85. The van der Waals surface area contributed by atoms with Gasteiger partial charge in [-0.2, -0.15) is 5.09 Å². The van der Waals surface area contributed by atoms with Gasteiger partial charge in [0.25, 0.3) is 5.69 Å². The molecule has 4 atom stereocenters. The highest BCUT2D eigenvalue weighted by Gasteiger charge is 2.35. The Bertz CT molecular complexity index is 727. The van der Waals surface area contributed by atoms with Crippen molar-refractivity contribution < 1.29 is 37.9 Å². The van der Waals surface area contributed by atoms with Crippen LogP contribution >= 0.6 is 7.75 Å². The van der Waals surface area contributed by atoms with Crippen LogP contribution in [0.4, 0.5) is 5.69 Å². The lowest BCUT2D eigenvalue weighted by molar-refractivity contribution is -0.384. The van der Waals surface area contributed by atoms with Gasteiger partial charge in [0.05, 0.1) is 24.2 Å². The zero-order valence-electron chi connectivity index (χ0n) is 15.5. The van der Waals surface area contributed by atoms with E-state index in [1.54, 1.807) is 6.92 Å². The number of hydrogen-bond donors (Lipinski definition) is 2. The highest BCUT2D eigenvalue weighted by molar-refractivity contribution is 7.52. The van der Waals surface area contributed by atoms with E-state index in [0.717, 1.165) is 0 Å². The molecular formula is C16H23N2O9P. The molecule has 28 heavy (non-hydrogen) atoms. The molecule has 2 N–H and O–H groups in total. The summed E-state index contributed by atoms with van der Waals surface area (Å²) in [6, 6.07) is 3.85. The first-order valence-corrected chi connectivity index (χ1v) is 10.2. The SMILES string of the molecule is CCOC(=O)[C@H](C)NP(=O)(OC[C@H]1OCCC1O)Oc1ccc([N+](=O)[O-])cc1. The summed E-state index contributed by atoms with van der Waals surface area (Å²) in [5.41, 5.74) is -0.168. The van der Waals surface area contributed by atoms with Crippen molar-refractivity contribution in [2.24, 2.45) is 0 Å². The number of rotatable bonds is 10. The van der Waals surface area contributed by atoms with Gasteiger partial charge in [0.1, 0.15) is 17.9 Å². The molecule has 0 amide bonds. The topological polar surface area (TPSA) is 146 Å². The molecule has 1 aromatic carbocycles. The highest BCUT2D eigenvalue weighted by atomic mass is 31.2. The van der Waals surface area contributed by atoms with Crippen molar-refractivity contribution in [2.45, 2.75) is 38.5 Å².